The van der Waals surface area contributed by atoms with E-state index in [9.17, 15) is 19.5 Å². The molecule has 1 aromatic heterocycles. The molecule has 0 aliphatic rings. The minimum absolute atomic E-state index is 0.0724. The minimum atomic E-state index is -1.09. The Morgan fingerprint density at radius 3 is 1.89 bits per heavy atom. The van der Waals surface area contributed by atoms with Crippen LogP contribution in [0.1, 0.15) is 88.8 Å². The van der Waals surface area contributed by atoms with E-state index in [0.717, 1.165) is 49.8 Å². The molecule has 0 aromatic carbocycles. The highest BCUT2D eigenvalue weighted by Gasteiger charge is 2.18. The second-order valence-corrected chi connectivity index (χ2v) is 10.2. The van der Waals surface area contributed by atoms with Crippen LogP contribution in [0.25, 0.3) is 6.08 Å². The van der Waals surface area contributed by atoms with Crippen LogP contribution in [0.5, 0.6) is 0 Å². The standard InChI is InChI=1S/C37H51N3O4/c1-3-4-5-6-7-8-9-10-11-12-13-14-15-16-17-18-19-20-21-26-35(41)38-30-23-25-34(37(43)44)40-36(42)27-22-24-33-29-28-32(2)39-31-33/h4-5,7-8,10-11,13-14,16-17,19-20,22,24,28-29,31,34H,3,6,9,12,15,18,21,23,25-27,30H2,1-2H3,(H,38,41)(H,40,42)(H,43,44)/b5-4-,8-7-,11-10-,14-13-,17-16-,20-19-,24-22+/t34-/m0/s1. The third-order valence-corrected chi connectivity index (χ3v) is 6.31. The molecule has 1 heterocycles. The highest BCUT2D eigenvalue weighted by Crippen LogP contribution is 2.04. The van der Waals surface area contributed by atoms with Gasteiger partial charge in [-0.1, -0.05) is 98.1 Å². The van der Waals surface area contributed by atoms with E-state index in [4.69, 9.17) is 0 Å². The minimum Gasteiger partial charge on any atom is -0.480 e. The molecule has 0 bridgehead atoms. The van der Waals surface area contributed by atoms with Crippen molar-refractivity contribution in [3.8, 4) is 0 Å². The molecule has 0 fully saturated rings. The van der Waals surface area contributed by atoms with Crippen molar-refractivity contribution in [2.75, 3.05) is 6.54 Å². The number of allylic oxidation sites excluding steroid dienone is 12. The number of pyridine rings is 1. The molecule has 1 atom stereocenters. The number of carboxylic acids is 1. The molecular formula is C37H51N3O4. The number of amides is 2. The molecule has 1 rings (SSSR count). The molecule has 2 amide bonds. The molecule has 7 nitrogen and oxygen atoms in total. The van der Waals surface area contributed by atoms with Crippen LogP contribution in [-0.4, -0.2) is 40.5 Å². The molecular weight excluding hydrogens is 550 g/mol. The van der Waals surface area contributed by atoms with Gasteiger partial charge in [-0.3, -0.25) is 14.6 Å². The summed E-state index contributed by atoms with van der Waals surface area (Å²) in [6.07, 6.45) is 38.5. The predicted octanol–water partition coefficient (Wildman–Crippen LogP) is 7.74. The third-order valence-electron chi connectivity index (χ3n) is 6.31. The maximum Gasteiger partial charge on any atom is 0.326 e. The maximum absolute atomic E-state index is 12.2. The lowest BCUT2D eigenvalue weighted by Crippen LogP contribution is -2.41. The molecule has 3 N–H and O–H groups in total. The lowest BCUT2D eigenvalue weighted by molar-refractivity contribution is -0.141. The van der Waals surface area contributed by atoms with Crippen molar-refractivity contribution in [3.05, 3.63) is 109 Å². The molecule has 1 aromatic rings. The van der Waals surface area contributed by atoms with E-state index in [2.05, 4.69) is 89.4 Å². The van der Waals surface area contributed by atoms with Gasteiger partial charge in [0.05, 0.1) is 0 Å². The second kappa shape index (κ2) is 26.4. The zero-order chi connectivity index (χ0) is 32.1. The number of aryl methyl sites for hydroxylation is 1. The number of rotatable bonds is 23. The van der Waals surface area contributed by atoms with Crippen LogP contribution in [-0.2, 0) is 14.4 Å². The van der Waals surface area contributed by atoms with Crippen molar-refractivity contribution in [2.24, 2.45) is 0 Å². The van der Waals surface area contributed by atoms with Crippen LogP contribution in [0.2, 0.25) is 0 Å². The highest BCUT2D eigenvalue weighted by atomic mass is 16.4. The van der Waals surface area contributed by atoms with Crippen molar-refractivity contribution in [1.82, 2.24) is 15.6 Å². The van der Waals surface area contributed by atoms with E-state index in [1.54, 1.807) is 18.3 Å². The first kappa shape index (κ1) is 37.8. The summed E-state index contributed by atoms with van der Waals surface area (Å²) in [6, 6.07) is 2.78. The summed E-state index contributed by atoms with van der Waals surface area (Å²) in [5, 5.41) is 14.8. The summed E-state index contributed by atoms with van der Waals surface area (Å²) >= 11 is 0. The highest BCUT2D eigenvalue weighted by molar-refractivity contribution is 5.84. The van der Waals surface area contributed by atoms with Crippen LogP contribution >= 0.6 is 0 Å². The molecule has 44 heavy (non-hydrogen) atoms. The topological polar surface area (TPSA) is 108 Å². The van der Waals surface area contributed by atoms with Gasteiger partial charge in [0.25, 0.3) is 0 Å². The van der Waals surface area contributed by atoms with Crippen molar-refractivity contribution in [2.45, 2.75) is 90.5 Å². The fourth-order valence-corrected chi connectivity index (χ4v) is 3.87. The fourth-order valence-electron chi connectivity index (χ4n) is 3.87. The van der Waals surface area contributed by atoms with Gasteiger partial charge in [0, 0.05) is 31.3 Å². The van der Waals surface area contributed by atoms with Gasteiger partial charge in [-0.15, -0.1) is 0 Å². The van der Waals surface area contributed by atoms with Gasteiger partial charge in [-0.05, 0) is 76.3 Å². The van der Waals surface area contributed by atoms with Gasteiger partial charge >= 0.3 is 5.97 Å². The normalized spacial score (nSPS) is 13.0. The first-order valence-electron chi connectivity index (χ1n) is 15.7. The number of hydrogen-bond donors (Lipinski definition) is 3. The van der Waals surface area contributed by atoms with Crippen molar-refractivity contribution in [3.63, 3.8) is 0 Å². The molecule has 0 aliphatic carbocycles. The van der Waals surface area contributed by atoms with Crippen LogP contribution in [0, 0.1) is 6.92 Å². The SMILES string of the molecule is CC/C=C\C/C=C\C/C=C\C/C=C\C/C=C\C/C=C\CCC(=O)NCCC[C@H](NC(=O)C/C=C/c1ccc(C)nc1)C(=O)O. The molecule has 0 radical (unpaired) electrons. The summed E-state index contributed by atoms with van der Waals surface area (Å²) < 4.78 is 0. The van der Waals surface area contributed by atoms with Gasteiger partial charge in [-0.25, -0.2) is 4.79 Å². The number of hydrogen-bond acceptors (Lipinski definition) is 4. The summed E-state index contributed by atoms with van der Waals surface area (Å²) in [7, 11) is 0. The number of carbonyl (C=O) groups excluding carboxylic acids is 2. The average Bonchev–Trinajstić information content (AvgIpc) is 3.00. The fraction of sp³-hybridized carbons (Fsp3) is 0.405. The Bertz CT molecular complexity index is 1160. The molecule has 0 saturated carbocycles. The monoisotopic (exact) mass is 601 g/mol. The lowest BCUT2D eigenvalue weighted by atomic mass is 10.1. The zero-order valence-electron chi connectivity index (χ0n) is 26.5. The van der Waals surface area contributed by atoms with E-state index >= 15 is 0 Å². The average molecular weight is 602 g/mol. The largest absolute Gasteiger partial charge is 0.480 e. The zero-order valence-corrected chi connectivity index (χ0v) is 26.5. The number of nitrogens with zero attached hydrogens (tertiary/aromatic N) is 1. The van der Waals surface area contributed by atoms with E-state index in [1.165, 1.54) is 0 Å². The molecule has 7 heteroatoms. The van der Waals surface area contributed by atoms with Gasteiger partial charge < -0.3 is 15.7 Å². The Morgan fingerprint density at radius 2 is 1.36 bits per heavy atom. The van der Waals surface area contributed by atoms with Crippen molar-refractivity contribution < 1.29 is 19.5 Å². The first-order valence-corrected chi connectivity index (χ1v) is 15.7. The van der Waals surface area contributed by atoms with Crippen LogP contribution in [0.4, 0.5) is 0 Å². The van der Waals surface area contributed by atoms with E-state index in [1.807, 2.05) is 25.1 Å². The van der Waals surface area contributed by atoms with Crippen LogP contribution < -0.4 is 10.6 Å². The van der Waals surface area contributed by atoms with Gasteiger partial charge in [-0.2, -0.15) is 0 Å². The lowest BCUT2D eigenvalue weighted by Gasteiger charge is -2.14. The van der Waals surface area contributed by atoms with Gasteiger partial charge in [0.15, 0.2) is 0 Å². The van der Waals surface area contributed by atoms with E-state index < -0.39 is 12.0 Å². The summed E-state index contributed by atoms with van der Waals surface area (Å²) in [6.45, 7) is 4.40. The smallest absolute Gasteiger partial charge is 0.326 e. The molecule has 238 valence electrons. The van der Waals surface area contributed by atoms with E-state index in [0.29, 0.717) is 25.8 Å². The number of aliphatic carboxylic acids is 1. The summed E-state index contributed by atoms with van der Waals surface area (Å²) in [5.74, 6) is -1.53. The first-order chi connectivity index (χ1) is 21.4. The Morgan fingerprint density at radius 1 is 0.795 bits per heavy atom. The van der Waals surface area contributed by atoms with Crippen molar-refractivity contribution in [1.29, 1.82) is 0 Å². The Kier molecular flexibility index (Phi) is 22.6. The Hall–Kier alpha value is -4.26. The third kappa shape index (κ3) is 22.4. The number of carboxylic acid groups (broad SMARTS) is 1. The summed E-state index contributed by atoms with van der Waals surface area (Å²) in [5.41, 5.74) is 1.78. The number of carbonyl (C=O) groups is 3. The maximum atomic E-state index is 12.2. The quantitative estimate of drug-likeness (QED) is 0.0878. The molecule has 0 spiro atoms. The molecule has 0 saturated heterocycles. The van der Waals surface area contributed by atoms with Gasteiger partial charge in [0.1, 0.15) is 6.04 Å². The second-order valence-electron chi connectivity index (χ2n) is 10.2. The predicted molar refractivity (Wildman–Crippen MR) is 182 cm³/mol. The Balaban J connectivity index is 2.09. The molecule has 0 unspecified atom stereocenters. The van der Waals surface area contributed by atoms with Crippen LogP contribution in [0.15, 0.2) is 97.3 Å². The molecule has 0 aliphatic heterocycles. The van der Waals surface area contributed by atoms with Gasteiger partial charge in [0.2, 0.25) is 11.8 Å². The summed E-state index contributed by atoms with van der Waals surface area (Å²) in [4.78, 5) is 39.9. The number of nitrogens with one attached hydrogen (secondary N) is 2. The van der Waals surface area contributed by atoms with Crippen molar-refractivity contribution >= 4 is 23.9 Å². The van der Waals surface area contributed by atoms with E-state index in [-0.39, 0.29) is 24.7 Å². The van der Waals surface area contributed by atoms with Crippen LogP contribution in [0.3, 0.4) is 0 Å². The number of aromatic nitrogens is 1. The Labute approximate surface area is 264 Å².